The van der Waals surface area contributed by atoms with E-state index in [9.17, 15) is 9.59 Å². The Hall–Kier alpha value is -1.96. The van der Waals surface area contributed by atoms with E-state index in [1.165, 1.54) is 0 Å². The lowest BCUT2D eigenvalue weighted by atomic mass is 9.78. The van der Waals surface area contributed by atoms with Crippen LogP contribution in [0.2, 0.25) is 0 Å². The largest absolute Gasteiger partial charge is 0.378 e. The highest BCUT2D eigenvalue weighted by Gasteiger charge is 2.41. The van der Waals surface area contributed by atoms with Gasteiger partial charge in [0.2, 0.25) is 11.8 Å². The SMILES string of the molecule is O=C(COCc1ccccc1)N1CCC2(CC1)CC(CC(=O)N1CCOCC1)CCO2. The molecule has 3 aliphatic heterocycles. The lowest BCUT2D eigenvalue weighted by Crippen LogP contribution is -2.52. The number of nitrogens with zero attached hydrogens (tertiary/aromatic N) is 2. The Morgan fingerprint density at radius 2 is 1.68 bits per heavy atom. The number of amides is 2. The van der Waals surface area contributed by atoms with Crippen LogP contribution in [-0.4, -0.2) is 79.8 Å². The van der Waals surface area contributed by atoms with Gasteiger partial charge in [0.05, 0.1) is 25.4 Å². The summed E-state index contributed by atoms with van der Waals surface area (Å²) in [6, 6.07) is 9.90. The summed E-state index contributed by atoms with van der Waals surface area (Å²) in [5.74, 6) is 0.648. The minimum absolute atomic E-state index is 0.0423. The van der Waals surface area contributed by atoms with Crippen LogP contribution in [0, 0.1) is 5.92 Å². The van der Waals surface area contributed by atoms with Crippen LogP contribution in [0.25, 0.3) is 0 Å². The van der Waals surface area contributed by atoms with E-state index in [2.05, 4.69) is 0 Å². The molecule has 0 radical (unpaired) electrons. The predicted molar refractivity (Wildman–Crippen MR) is 115 cm³/mol. The van der Waals surface area contributed by atoms with Crippen molar-refractivity contribution in [2.75, 3.05) is 52.6 Å². The molecule has 7 nitrogen and oxygen atoms in total. The van der Waals surface area contributed by atoms with Crippen LogP contribution in [0.5, 0.6) is 0 Å². The van der Waals surface area contributed by atoms with Crippen molar-refractivity contribution < 1.29 is 23.8 Å². The number of ether oxygens (including phenoxy) is 3. The Morgan fingerprint density at radius 1 is 0.968 bits per heavy atom. The van der Waals surface area contributed by atoms with Gasteiger partial charge in [0.25, 0.3) is 0 Å². The Morgan fingerprint density at radius 3 is 2.42 bits per heavy atom. The molecule has 0 aliphatic carbocycles. The topological polar surface area (TPSA) is 68.3 Å². The summed E-state index contributed by atoms with van der Waals surface area (Å²) in [7, 11) is 0. The highest BCUT2D eigenvalue weighted by Crippen LogP contribution is 2.39. The third kappa shape index (κ3) is 6.05. The van der Waals surface area contributed by atoms with Gasteiger partial charge in [-0.15, -0.1) is 0 Å². The van der Waals surface area contributed by atoms with E-state index in [1.54, 1.807) is 0 Å². The number of piperidine rings is 1. The van der Waals surface area contributed by atoms with Gasteiger partial charge in [-0.05, 0) is 37.2 Å². The van der Waals surface area contributed by atoms with Crippen LogP contribution in [-0.2, 0) is 30.4 Å². The Bertz CT molecular complexity index is 727. The molecule has 1 spiro atoms. The minimum atomic E-state index is -0.185. The summed E-state index contributed by atoms with van der Waals surface area (Å²) in [6.07, 6.45) is 4.11. The van der Waals surface area contributed by atoms with E-state index >= 15 is 0 Å². The van der Waals surface area contributed by atoms with Gasteiger partial charge < -0.3 is 24.0 Å². The molecule has 1 aromatic rings. The van der Waals surface area contributed by atoms with Crippen molar-refractivity contribution in [3.05, 3.63) is 35.9 Å². The van der Waals surface area contributed by atoms with Gasteiger partial charge in [0.1, 0.15) is 6.61 Å². The maximum Gasteiger partial charge on any atom is 0.248 e. The molecule has 4 rings (SSSR count). The van der Waals surface area contributed by atoms with Crippen LogP contribution in [0.1, 0.15) is 37.7 Å². The third-order valence-electron chi connectivity index (χ3n) is 6.79. The Labute approximate surface area is 184 Å². The molecule has 1 unspecified atom stereocenters. The van der Waals surface area contributed by atoms with E-state index in [0.29, 0.717) is 64.9 Å². The highest BCUT2D eigenvalue weighted by molar-refractivity contribution is 5.77. The first kappa shape index (κ1) is 22.2. The second kappa shape index (κ2) is 10.6. The molecule has 3 saturated heterocycles. The van der Waals surface area contributed by atoms with E-state index in [-0.39, 0.29) is 24.0 Å². The van der Waals surface area contributed by atoms with Gasteiger partial charge in [0, 0.05) is 39.2 Å². The van der Waals surface area contributed by atoms with E-state index < -0.39 is 0 Å². The molecule has 31 heavy (non-hydrogen) atoms. The monoisotopic (exact) mass is 430 g/mol. The third-order valence-corrected chi connectivity index (χ3v) is 6.79. The standard InChI is InChI=1S/C24H34N2O5/c27-22(26-11-14-29-15-12-26)16-21-6-13-31-24(17-21)7-9-25(10-8-24)23(28)19-30-18-20-4-2-1-3-5-20/h1-5,21H,6-19H2. The first-order valence-corrected chi connectivity index (χ1v) is 11.5. The fraction of sp³-hybridized carbons (Fsp3) is 0.667. The molecule has 0 aromatic heterocycles. The molecule has 3 heterocycles. The lowest BCUT2D eigenvalue weighted by molar-refractivity contribution is -0.153. The number of hydrogen-bond donors (Lipinski definition) is 0. The number of hydrogen-bond acceptors (Lipinski definition) is 5. The fourth-order valence-electron chi connectivity index (χ4n) is 4.93. The summed E-state index contributed by atoms with van der Waals surface area (Å²) in [4.78, 5) is 29.0. The van der Waals surface area contributed by atoms with Crippen molar-refractivity contribution in [3.8, 4) is 0 Å². The number of carbonyl (C=O) groups excluding carboxylic acids is 2. The summed E-state index contributed by atoms with van der Waals surface area (Å²) >= 11 is 0. The average molecular weight is 431 g/mol. The molecule has 1 atom stereocenters. The van der Waals surface area contributed by atoms with Crippen molar-refractivity contribution in [3.63, 3.8) is 0 Å². The summed E-state index contributed by atoms with van der Waals surface area (Å²) in [5.41, 5.74) is 0.886. The minimum Gasteiger partial charge on any atom is -0.378 e. The average Bonchev–Trinajstić information content (AvgIpc) is 2.81. The maximum atomic E-state index is 12.6. The van der Waals surface area contributed by atoms with Gasteiger partial charge in [-0.25, -0.2) is 0 Å². The highest BCUT2D eigenvalue weighted by atomic mass is 16.5. The maximum absolute atomic E-state index is 12.6. The lowest BCUT2D eigenvalue weighted by Gasteiger charge is -2.46. The fourth-order valence-corrected chi connectivity index (χ4v) is 4.93. The van der Waals surface area contributed by atoms with Gasteiger partial charge in [-0.2, -0.15) is 0 Å². The van der Waals surface area contributed by atoms with Gasteiger partial charge >= 0.3 is 0 Å². The molecule has 3 aliphatic rings. The van der Waals surface area contributed by atoms with Crippen molar-refractivity contribution >= 4 is 11.8 Å². The number of benzene rings is 1. The quantitative estimate of drug-likeness (QED) is 0.692. The Balaban J connectivity index is 1.20. The van der Waals surface area contributed by atoms with Crippen LogP contribution < -0.4 is 0 Å². The van der Waals surface area contributed by atoms with Crippen molar-refractivity contribution in [1.29, 1.82) is 0 Å². The van der Waals surface area contributed by atoms with Crippen molar-refractivity contribution in [2.45, 2.75) is 44.3 Å². The molecular formula is C24H34N2O5. The number of likely N-dealkylation sites (tertiary alicyclic amines) is 1. The smallest absolute Gasteiger partial charge is 0.248 e. The summed E-state index contributed by atoms with van der Waals surface area (Å²) < 4.78 is 17.2. The van der Waals surface area contributed by atoms with Crippen LogP contribution in [0.4, 0.5) is 0 Å². The number of carbonyl (C=O) groups is 2. The van der Waals surface area contributed by atoms with Crippen molar-refractivity contribution in [1.82, 2.24) is 9.80 Å². The van der Waals surface area contributed by atoms with E-state index in [4.69, 9.17) is 14.2 Å². The second-order valence-electron chi connectivity index (χ2n) is 8.95. The normalized spacial score (nSPS) is 23.7. The zero-order chi connectivity index (χ0) is 21.5. The predicted octanol–water partition coefficient (Wildman–Crippen LogP) is 2.24. The Kier molecular flexibility index (Phi) is 7.58. The second-order valence-corrected chi connectivity index (χ2v) is 8.95. The summed E-state index contributed by atoms with van der Waals surface area (Å²) in [6.45, 7) is 5.34. The first-order chi connectivity index (χ1) is 15.1. The molecule has 3 fully saturated rings. The van der Waals surface area contributed by atoms with E-state index in [1.807, 2.05) is 40.1 Å². The molecule has 0 N–H and O–H groups in total. The van der Waals surface area contributed by atoms with Gasteiger partial charge in [0.15, 0.2) is 0 Å². The zero-order valence-electron chi connectivity index (χ0n) is 18.3. The van der Waals surface area contributed by atoms with Crippen LogP contribution in [0.15, 0.2) is 30.3 Å². The molecule has 0 saturated carbocycles. The molecule has 1 aromatic carbocycles. The number of rotatable bonds is 6. The van der Waals surface area contributed by atoms with E-state index in [0.717, 1.165) is 31.2 Å². The van der Waals surface area contributed by atoms with Crippen molar-refractivity contribution in [2.24, 2.45) is 5.92 Å². The van der Waals surface area contributed by atoms with Gasteiger partial charge in [-0.3, -0.25) is 9.59 Å². The molecule has 0 bridgehead atoms. The number of morpholine rings is 1. The first-order valence-electron chi connectivity index (χ1n) is 11.5. The van der Waals surface area contributed by atoms with Gasteiger partial charge in [-0.1, -0.05) is 30.3 Å². The molecule has 7 heteroatoms. The summed E-state index contributed by atoms with van der Waals surface area (Å²) in [5, 5.41) is 0. The molecular weight excluding hydrogens is 396 g/mol. The molecule has 2 amide bonds. The molecule has 170 valence electrons. The van der Waals surface area contributed by atoms with Crippen LogP contribution >= 0.6 is 0 Å². The van der Waals surface area contributed by atoms with Crippen LogP contribution in [0.3, 0.4) is 0 Å². The zero-order valence-corrected chi connectivity index (χ0v) is 18.3.